The molecule has 0 saturated heterocycles. The van der Waals surface area contributed by atoms with Crippen LogP contribution in [0.5, 0.6) is 0 Å². The van der Waals surface area contributed by atoms with Crippen LogP contribution in [0, 0.1) is 0 Å². The van der Waals surface area contributed by atoms with Crippen LogP contribution in [0.25, 0.3) is 0 Å². The van der Waals surface area contributed by atoms with Crippen molar-refractivity contribution in [3.05, 3.63) is 0 Å². The summed E-state index contributed by atoms with van der Waals surface area (Å²) < 4.78 is 149. The third kappa shape index (κ3) is 7.20. The van der Waals surface area contributed by atoms with Crippen LogP contribution < -0.4 is 0 Å². The Balaban J connectivity index is 5.73. The molecule has 0 rings (SSSR count). The number of halogens is 18. The molecule has 2 atom stereocenters. The SMILES string of the molecule is O=C(OOC(=O)C(F)(F)C(F)(Cl)C(Cl)(Cl)CC(F)(F)F)C(F)(F)C(F)(Cl)C(Cl)(Cl)CC(F)(F)F. The van der Waals surface area contributed by atoms with Crippen molar-refractivity contribution in [2.75, 3.05) is 0 Å². The van der Waals surface area contributed by atoms with Crippen molar-refractivity contribution < 1.29 is 72.0 Å². The first kappa shape index (κ1) is 33.8. The van der Waals surface area contributed by atoms with Gasteiger partial charge >= 0.3 is 36.1 Å². The average molecular weight is 653 g/mol. The Morgan fingerprint density at radius 2 is 0.706 bits per heavy atom. The van der Waals surface area contributed by atoms with Gasteiger partial charge < -0.3 is 0 Å². The number of hydrogen-bond acceptors (Lipinski definition) is 4. The second-order valence-corrected chi connectivity index (χ2v) is 10.0. The molecule has 0 aliphatic rings. The van der Waals surface area contributed by atoms with E-state index in [1.165, 1.54) is 0 Å². The van der Waals surface area contributed by atoms with E-state index in [0.717, 1.165) is 0 Å². The molecule has 0 aromatic heterocycles. The van der Waals surface area contributed by atoms with Gasteiger partial charge in [-0.15, -0.1) is 0 Å². The normalized spacial score (nSPS) is 18.1. The quantitative estimate of drug-likeness (QED) is 0.119. The molecule has 34 heavy (non-hydrogen) atoms. The lowest BCUT2D eigenvalue weighted by Gasteiger charge is -2.36. The van der Waals surface area contributed by atoms with Crippen molar-refractivity contribution in [2.24, 2.45) is 0 Å². The molecule has 0 aromatic carbocycles. The molecule has 0 bridgehead atoms. The number of carbonyl (C=O) groups is 2. The molecule has 0 spiro atoms. The van der Waals surface area contributed by atoms with E-state index in [4.69, 9.17) is 46.4 Å². The second-order valence-electron chi connectivity index (χ2n) is 6.03. The Labute approximate surface area is 209 Å². The van der Waals surface area contributed by atoms with E-state index < -0.39 is 67.9 Å². The van der Waals surface area contributed by atoms with Gasteiger partial charge in [0.1, 0.15) is 0 Å². The molecule has 202 valence electrons. The summed E-state index contributed by atoms with van der Waals surface area (Å²) in [5, 5.41) is -10.8. The molecular weight excluding hydrogens is 649 g/mol. The molecule has 0 fully saturated rings. The predicted octanol–water partition coefficient (Wildman–Crippen LogP) is 7.32. The lowest BCUT2D eigenvalue weighted by Crippen LogP contribution is -2.59. The van der Waals surface area contributed by atoms with Crippen LogP contribution in [0.1, 0.15) is 12.8 Å². The second kappa shape index (κ2) is 9.95. The summed E-state index contributed by atoms with van der Waals surface area (Å²) in [4.78, 5) is 28.1. The van der Waals surface area contributed by atoms with Gasteiger partial charge in [0, 0.05) is 0 Å². The largest absolute Gasteiger partial charge is 0.429 e. The highest BCUT2D eigenvalue weighted by Crippen LogP contribution is 2.56. The third-order valence-corrected chi connectivity index (χ3v) is 6.34. The number of rotatable bonds is 8. The fourth-order valence-corrected chi connectivity index (χ4v) is 2.99. The summed E-state index contributed by atoms with van der Waals surface area (Å²) in [6.45, 7) is 0. The smallest absolute Gasteiger partial charge is 0.240 e. The molecule has 0 aliphatic heterocycles. The standard InChI is InChI=1S/C12H4Cl6F12O4/c13-5(14,1-7(19,20)21)11(17,29)9(25,26)3(31)33-34-4(32)10(27,28)12(18,30)6(15,16)2-8(22,23)24/h1-2H2. The van der Waals surface area contributed by atoms with Gasteiger partial charge in [0.05, 0.1) is 12.8 Å². The first-order chi connectivity index (χ1) is 14.5. The molecule has 0 N–H and O–H groups in total. The van der Waals surface area contributed by atoms with Crippen LogP contribution in [0.4, 0.5) is 52.7 Å². The van der Waals surface area contributed by atoms with E-state index in [2.05, 4.69) is 33.0 Å². The van der Waals surface area contributed by atoms with Crippen LogP contribution in [-0.4, -0.2) is 55.1 Å². The van der Waals surface area contributed by atoms with Gasteiger partial charge in [0.2, 0.25) is 0 Å². The fourth-order valence-electron chi connectivity index (χ4n) is 1.62. The van der Waals surface area contributed by atoms with Crippen molar-refractivity contribution in [1.29, 1.82) is 0 Å². The number of alkyl halides is 18. The van der Waals surface area contributed by atoms with E-state index in [9.17, 15) is 62.3 Å². The third-order valence-electron chi connectivity index (χ3n) is 3.26. The first-order valence-electron chi connectivity index (χ1n) is 7.30. The molecule has 0 radical (unpaired) electrons. The maximum atomic E-state index is 14.1. The monoisotopic (exact) mass is 650 g/mol. The van der Waals surface area contributed by atoms with E-state index in [1.807, 2.05) is 0 Å². The summed E-state index contributed by atoms with van der Waals surface area (Å²) in [7, 11) is 0. The zero-order valence-electron chi connectivity index (χ0n) is 14.9. The van der Waals surface area contributed by atoms with Gasteiger partial charge in [-0.3, -0.25) is 0 Å². The molecule has 2 unspecified atom stereocenters. The fraction of sp³-hybridized carbons (Fsp3) is 0.833. The minimum atomic E-state index is -6.11. The highest BCUT2D eigenvalue weighted by Gasteiger charge is 2.75. The molecule has 0 heterocycles. The van der Waals surface area contributed by atoms with E-state index >= 15 is 0 Å². The number of hydrogen-bond donors (Lipinski definition) is 0. The van der Waals surface area contributed by atoms with Crippen molar-refractivity contribution in [2.45, 2.75) is 56.0 Å². The molecule has 0 aromatic rings. The van der Waals surface area contributed by atoms with Crippen molar-refractivity contribution >= 4 is 81.5 Å². The molecule has 0 amide bonds. The summed E-state index contributed by atoms with van der Waals surface area (Å²) in [5.41, 5.74) is 0. The minimum Gasteiger partial charge on any atom is -0.240 e. The van der Waals surface area contributed by atoms with Gasteiger partial charge in [-0.25, -0.2) is 28.1 Å². The van der Waals surface area contributed by atoms with Crippen LogP contribution in [0.3, 0.4) is 0 Å². The lowest BCUT2D eigenvalue weighted by molar-refractivity contribution is -0.296. The molecule has 22 heteroatoms. The van der Waals surface area contributed by atoms with Crippen molar-refractivity contribution in [3.8, 4) is 0 Å². The van der Waals surface area contributed by atoms with Gasteiger partial charge in [-0.05, 0) is 0 Å². The topological polar surface area (TPSA) is 52.6 Å². The van der Waals surface area contributed by atoms with Gasteiger partial charge in [-0.2, -0.15) is 43.9 Å². The molecule has 0 aliphatic carbocycles. The maximum absolute atomic E-state index is 14.1. The van der Waals surface area contributed by atoms with E-state index in [1.54, 1.807) is 0 Å². The lowest BCUT2D eigenvalue weighted by atomic mass is 10.1. The Morgan fingerprint density at radius 3 is 0.882 bits per heavy atom. The Morgan fingerprint density at radius 1 is 0.500 bits per heavy atom. The Bertz CT molecular complexity index is 716. The van der Waals surface area contributed by atoms with Crippen LogP contribution in [-0.2, 0) is 19.4 Å². The Hall–Kier alpha value is -0.160. The highest BCUT2D eigenvalue weighted by atomic mass is 35.5. The van der Waals surface area contributed by atoms with Crippen molar-refractivity contribution in [3.63, 3.8) is 0 Å². The summed E-state index contributed by atoms with van der Waals surface area (Å²) in [6, 6.07) is 0. The number of carbonyl (C=O) groups excluding carboxylic acids is 2. The zero-order chi connectivity index (χ0) is 28.0. The molecule has 0 saturated carbocycles. The van der Waals surface area contributed by atoms with Gasteiger partial charge in [0.15, 0.2) is 8.67 Å². The van der Waals surface area contributed by atoms with Crippen LogP contribution in [0.15, 0.2) is 0 Å². The van der Waals surface area contributed by atoms with Crippen LogP contribution in [0.2, 0.25) is 0 Å². The maximum Gasteiger partial charge on any atom is 0.429 e. The predicted molar refractivity (Wildman–Crippen MR) is 91.7 cm³/mol. The van der Waals surface area contributed by atoms with Gasteiger partial charge in [-0.1, -0.05) is 69.6 Å². The average Bonchev–Trinajstić information content (AvgIpc) is 2.54. The Kier molecular flexibility index (Phi) is 9.90. The molecular formula is C12H4Cl6F12O4. The van der Waals surface area contributed by atoms with E-state index in [0.29, 0.717) is 0 Å². The minimum absolute atomic E-state index is 2.80. The summed E-state index contributed by atoms with van der Waals surface area (Å²) in [6.07, 6.45) is -16.8. The summed E-state index contributed by atoms with van der Waals surface area (Å²) >= 11 is 28.1. The first-order valence-corrected chi connectivity index (χ1v) is 9.57. The van der Waals surface area contributed by atoms with Crippen LogP contribution >= 0.6 is 69.6 Å². The highest BCUT2D eigenvalue weighted by molar-refractivity contribution is 6.54. The van der Waals surface area contributed by atoms with Gasteiger partial charge in [0.25, 0.3) is 10.3 Å². The van der Waals surface area contributed by atoms with Crippen molar-refractivity contribution in [1.82, 2.24) is 0 Å². The van der Waals surface area contributed by atoms with E-state index in [-0.39, 0.29) is 0 Å². The molecule has 4 nitrogen and oxygen atoms in total. The zero-order valence-corrected chi connectivity index (χ0v) is 19.4. The summed E-state index contributed by atoms with van der Waals surface area (Å²) in [5.74, 6) is -19.5.